The highest BCUT2D eigenvalue weighted by Crippen LogP contribution is 2.31. The van der Waals surface area contributed by atoms with E-state index in [0.29, 0.717) is 11.7 Å². The Kier molecular flexibility index (Phi) is 3.10. The number of fused-ring (bicyclic) bond motifs is 3. The van der Waals surface area contributed by atoms with Crippen molar-refractivity contribution in [3.8, 4) is 0 Å². The fourth-order valence-corrected chi connectivity index (χ4v) is 3.11. The van der Waals surface area contributed by atoms with Gasteiger partial charge in [-0.1, -0.05) is 0 Å². The van der Waals surface area contributed by atoms with Crippen LogP contribution in [0.1, 0.15) is 18.4 Å². The van der Waals surface area contributed by atoms with E-state index in [1.165, 1.54) is 12.8 Å². The zero-order valence-corrected chi connectivity index (χ0v) is 11.0. The molecular weight excluding hydrogens is 244 g/mol. The van der Waals surface area contributed by atoms with Gasteiger partial charge < -0.3 is 10.2 Å². The molecule has 0 radical (unpaired) electrons. The summed E-state index contributed by atoms with van der Waals surface area (Å²) >= 11 is 0. The van der Waals surface area contributed by atoms with Crippen molar-refractivity contribution in [2.75, 3.05) is 25.0 Å². The molecule has 1 aromatic heterocycles. The highest BCUT2D eigenvalue weighted by atomic mass is 16.6. The van der Waals surface area contributed by atoms with Crippen molar-refractivity contribution in [2.24, 2.45) is 5.92 Å². The first kappa shape index (κ1) is 12.3. The summed E-state index contributed by atoms with van der Waals surface area (Å²) in [5.41, 5.74) is 0.891. The second kappa shape index (κ2) is 4.77. The molecule has 3 saturated heterocycles. The SMILES string of the molecule is Cc1cnc(NC2CN3CCC2CC3)c([N+](=O)[O-])c1. The molecule has 4 heterocycles. The van der Waals surface area contributed by atoms with Gasteiger partial charge in [0.15, 0.2) is 0 Å². The highest BCUT2D eigenvalue weighted by Gasteiger charge is 2.35. The number of rotatable bonds is 3. The molecule has 3 fully saturated rings. The molecule has 0 aromatic carbocycles. The molecule has 102 valence electrons. The Labute approximate surface area is 112 Å². The van der Waals surface area contributed by atoms with E-state index >= 15 is 0 Å². The van der Waals surface area contributed by atoms with E-state index < -0.39 is 0 Å². The molecule has 3 aliphatic rings. The van der Waals surface area contributed by atoms with Crippen LogP contribution >= 0.6 is 0 Å². The van der Waals surface area contributed by atoms with E-state index in [1.54, 1.807) is 12.3 Å². The van der Waals surface area contributed by atoms with Crippen molar-refractivity contribution in [1.82, 2.24) is 9.88 Å². The lowest BCUT2D eigenvalue weighted by Crippen LogP contribution is -2.53. The Morgan fingerprint density at radius 2 is 2.21 bits per heavy atom. The van der Waals surface area contributed by atoms with E-state index in [0.717, 1.165) is 25.2 Å². The summed E-state index contributed by atoms with van der Waals surface area (Å²) in [6.45, 7) is 5.11. The Bertz CT molecular complexity index is 497. The Hall–Kier alpha value is -1.69. The van der Waals surface area contributed by atoms with E-state index in [2.05, 4.69) is 15.2 Å². The minimum absolute atomic E-state index is 0.0800. The van der Waals surface area contributed by atoms with Gasteiger partial charge in [-0.25, -0.2) is 4.98 Å². The third kappa shape index (κ3) is 2.40. The van der Waals surface area contributed by atoms with Crippen LogP contribution in [0.5, 0.6) is 0 Å². The normalized spacial score (nSPS) is 29.2. The van der Waals surface area contributed by atoms with Crippen LogP contribution in [0.4, 0.5) is 11.5 Å². The third-order valence-corrected chi connectivity index (χ3v) is 4.18. The summed E-state index contributed by atoms with van der Waals surface area (Å²) < 4.78 is 0. The molecule has 1 aromatic rings. The number of piperidine rings is 3. The summed E-state index contributed by atoms with van der Waals surface area (Å²) in [6, 6.07) is 1.87. The van der Waals surface area contributed by atoms with Gasteiger partial charge in [-0.15, -0.1) is 0 Å². The first-order valence-electron chi connectivity index (χ1n) is 6.73. The maximum Gasteiger partial charge on any atom is 0.311 e. The molecule has 1 atom stereocenters. The number of hydrogen-bond acceptors (Lipinski definition) is 5. The first-order chi connectivity index (χ1) is 9.13. The van der Waals surface area contributed by atoms with Crippen LogP contribution in [-0.2, 0) is 0 Å². The molecule has 19 heavy (non-hydrogen) atoms. The van der Waals surface area contributed by atoms with Gasteiger partial charge in [0.1, 0.15) is 0 Å². The summed E-state index contributed by atoms with van der Waals surface area (Å²) in [5.74, 6) is 1.03. The van der Waals surface area contributed by atoms with Gasteiger partial charge >= 0.3 is 5.69 Å². The van der Waals surface area contributed by atoms with Crippen LogP contribution in [0.3, 0.4) is 0 Å². The molecule has 4 rings (SSSR count). The third-order valence-electron chi connectivity index (χ3n) is 4.18. The van der Waals surface area contributed by atoms with Gasteiger partial charge in [-0.3, -0.25) is 10.1 Å². The standard InChI is InChI=1S/C13H18N4O2/c1-9-6-12(17(18)19)13(14-7-9)15-11-8-16-4-2-10(11)3-5-16/h6-7,10-11H,2-5,8H2,1H3,(H,14,15). The van der Waals surface area contributed by atoms with Gasteiger partial charge in [0, 0.05) is 24.8 Å². The molecule has 6 heteroatoms. The highest BCUT2D eigenvalue weighted by molar-refractivity contribution is 5.57. The quantitative estimate of drug-likeness (QED) is 0.664. The Morgan fingerprint density at radius 3 is 2.79 bits per heavy atom. The molecule has 0 spiro atoms. The average Bonchev–Trinajstić information content (AvgIpc) is 2.42. The van der Waals surface area contributed by atoms with Crippen molar-refractivity contribution >= 4 is 11.5 Å². The monoisotopic (exact) mass is 262 g/mol. The Balaban J connectivity index is 1.81. The predicted octanol–water partition coefficient (Wildman–Crippen LogP) is 1.80. The largest absolute Gasteiger partial charge is 0.360 e. The van der Waals surface area contributed by atoms with E-state index in [9.17, 15) is 10.1 Å². The number of hydrogen-bond donors (Lipinski definition) is 1. The summed E-state index contributed by atoms with van der Waals surface area (Å²) in [5, 5.41) is 14.4. The van der Waals surface area contributed by atoms with Crippen LogP contribution in [0, 0.1) is 23.0 Å². The van der Waals surface area contributed by atoms with Gasteiger partial charge in [-0.05, 0) is 44.3 Å². The van der Waals surface area contributed by atoms with Crippen molar-refractivity contribution < 1.29 is 4.92 Å². The molecule has 3 aliphatic heterocycles. The molecule has 1 N–H and O–H groups in total. The van der Waals surface area contributed by atoms with Crippen LogP contribution in [0.25, 0.3) is 0 Å². The smallest absolute Gasteiger partial charge is 0.311 e. The number of nitro groups is 1. The summed E-state index contributed by atoms with van der Waals surface area (Å²) in [6.07, 6.45) is 4.03. The summed E-state index contributed by atoms with van der Waals surface area (Å²) in [7, 11) is 0. The van der Waals surface area contributed by atoms with Gasteiger partial charge in [0.25, 0.3) is 0 Å². The number of anilines is 1. The fraction of sp³-hybridized carbons (Fsp3) is 0.615. The number of pyridine rings is 1. The topological polar surface area (TPSA) is 71.3 Å². The average molecular weight is 262 g/mol. The van der Waals surface area contributed by atoms with Crippen LogP contribution in [-0.4, -0.2) is 40.5 Å². The fourth-order valence-electron chi connectivity index (χ4n) is 3.11. The van der Waals surface area contributed by atoms with Crippen molar-refractivity contribution in [1.29, 1.82) is 0 Å². The maximum absolute atomic E-state index is 11.1. The molecule has 0 amide bonds. The second-order valence-corrected chi connectivity index (χ2v) is 5.53. The molecule has 6 nitrogen and oxygen atoms in total. The van der Waals surface area contributed by atoms with Gasteiger partial charge in [0.2, 0.25) is 5.82 Å². The molecular formula is C13H18N4O2. The lowest BCUT2D eigenvalue weighted by Gasteiger charge is -2.45. The van der Waals surface area contributed by atoms with Crippen molar-refractivity contribution in [3.63, 3.8) is 0 Å². The molecule has 2 bridgehead atoms. The van der Waals surface area contributed by atoms with Crippen LogP contribution < -0.4 is 5.32 Å². The van der Waals surface area contributed by atoms with Crippen LogP contribution in [0.15, 0.2) is 12.3 Å². The van der Waals surface area contributed by atoms with Crippen molar-refractivity contribution in [3.05, 3.63) is 27.9 Å². The zero-order chi connectivity index (χ0) is 13.4. The minimum atomic E-state index is -0.357. The van der Waals surface area contributed by atoms with Gasteiger partial charge in [0.05, 0.1) is 4.92 Å². The maximum atomic E-state index is 11.1. The summed E-state index contributed by atoms with van der Waals surface area (Å²) in [4.78, 5) is 17.4. The number of aromatic nitrogens is 1. The van der Waals surface area contributed by atoms with E-state index in [-0.39, 0.29) is 16.7 Å². The molecule has 0 aliphatic carbocycles. The van der Waals surface area contributed by atoms with Gasteiger partial charge in [-0.2, -0.15) is 0 Å². The van der Waals surface area contributed by atoms with E-state index in [1.807, 2.05) is 6.92 Å². The van der Waals surface area contributed by atoms with Crippen molar-refractivity contribution in [2.45, 2.75) is 25.8 Å². The number of nitrogens with one attached hydrogen (secondary N) is 1. The zero-order valence-electron chi connectivity index (χ0n) is 11.0. The molecule has 1 unspecified atom stereocenters. The predicted molar refractivity (Wildman–Crippen MR) is 72.2 cm³/mol. The van der Waals surface area contributed by atoms with E-state index in [4.69, 9.17) is 0 Å². The van der Waals surface area contributed by atoms with Crippen LogP contribution in [0.2, 0.25) is 0 Å². The minimum Gasteiger partial charge on any atom is -0.360 e. The second-order valence-electron chi connectivity index (χ2n) is 5.53. The molecule has 0 saturated carbocycles. The number of nitrogens with zero attached hydrogens (tertiary/aromatic N) is 3. The lowest BCUT2D eigenvalue weighted by molar-refractivity contribution is -0.384. The lowest BCUT2D eigenvalue weighted by atomic mass is 9.84. The Morgan fingerprint density at radius 1 is 1.47 bits per heavy atom. The number of aryl methyl sites for hydroxylation is 1. The first-order valence-corrected chi connectivity index (χ1v) is 6.73.